The fourth-order valence-electron chi connectivity index (χ4n) is 2.14. The molecule has 0 radical (unpaired) electrons. The van der Waals surface area contributed by atoms with Crippen LogP contribution in [0.2, 0.25) is 0 Å². The fraction of sp³-hybridized carbons (Fsp3) is 0.333. The lowest BCUT2D eigenvalue weighted by atomic mass is 10.0. The van der Waals surface area contributed by atoms with Gasteiger partial charge in [-0.25, -0.2) is 4.79 Å². The maximum absolute atomic E-state index is 11.8. The topological polar surface area (TPSA) is 52.6 Å². The number of carbonyl (C=O) groups excluding carboxylic acids is 2. The molecule has 100 valence electrons. The maximum Gasteiger partial charge on any atom is 0.338 e. The summed E-state index contributed by atoms with van der Waals surface area (Å²) in [6.45, 7) is 0.146. The van der Waals surface area contributed by atoms with E-state index in [1.54, 1.807) is 24.3 Å². The van der Waals surface area contributed by atoms with Gasteiger partial charge in [0, 0.05) is 0 Å². The van der Waals surface area contributed by atoms with Gasteiger partial charge in [0.25, 0.3) is 0 Å². The predicted octanol–water partition coefficient (Wildman–Crippen LogP) is 2.35. The number of carbonyl (C=O) groups is 2. The molecule has 4 heteroatoms. The monoisotopic (exact) mass is 260 g/mol. The molecular formula is C15H16O4. The number of benzene rings is 1. The van der Waals surface area contributed by atoms with Crippen molar-refractivity contribution in [1.82, 2.24) is 0 Å². The Labute approximate surface area is 112 Å². The first kappa shape index (κ1) is 13.3. The summed E-state index contributed by atoms with van der Waals surface area (Å²) in [6.07, 6.45) is 3.49. The molecule has 19 heavy (non-hydrogen) atoms. The Bertz CT molecular complexity index is 490. The molecule has 0 heterocycles. The highest BCUT2D eigenvalue weighted by atomic mass is 16.5. The van der Waals surface area contributed by atoms with Crippen molar-refractivity contribution >= 4 is 11.9 Å². The zero-order chi connectivity index (χ0) is 13.7. The van der Waals surface area contributed by atoms with Crippen LogP contribution in [0.25, 0.3) is 0 Å². The van der Waals surface area contributed by atoms with E-state index in [1.807, 2.05) is 12.1 Å². The van der Waals surface area contributed by atoms with Gasteiger partial charge in [0.2, 0.25) is 0 Å². The summed E-state index contributed by atoms with van der Waals surface area (Å²) >= 11 is 0. The van der Waals surface area contributed by atoms with Crippen LogP contribution in [-0.2, 0) is 14.3 Å². The van der Waals surface area contributed by atoms with E-state index in [1.165, 1.54) is 7.11 Å². The van der Waals surface area contributed by atoms with Crippen molar-refractivity contribution in [3.63, 3.8) is 0 Å². The Balaban J connectivity index is 1.92. The molecule has 0 fully saturated rings. The van der Waals surface area contributed by atoms with E-state index in [0.717, 1.165) is 18.4 Å². The van der Waals surface area contributed by atoms with E-state index < -0.39 is 0 Å². The minimum absolute atomic E-state index is 0.146. The van der Waals surface area contributed by atoms with Crippen LogP contribution in [0.1, 0.15) is 23.2 Å². The number of esters is 2. The minimum atomic E-state index is -0.378. The average Bonchev–Trinajstić information content (AvgIpc) is 2.93. The fourth-order valence-corrected chi connectivity index (χ4v) is 2.14. The van der Waals surface area contributed by atoms with Gasteiger partial charge in [-0.3, -0.25) is 4.79 Å². The Morgan fingerprint density at radius 3 is 2.68 bits per heavy atom. The molecule has 0 amide bonds. The van der Waals surface area contributed by atoms with Crippen molar-refractivity contribution in [2.45, 2.75) is 12.8 Å². The Morgan fingerprint density at radius 1 is 1.26 bits per heavy atom. The second-order valence-corrected chi connectivity index (χ2v) is 4.37. The van der Waals surface area contributed by atoms with Crippen molar-refractivity contribution in [2.75, 3.05) is 13.7 Å². The molecule has 0 aromatic heterocycles. The zero-order valence-corrected chi connectivity index (χ0v) is 10.8. The van der Waals surface area contributed by atoms with E-state index >= 15 is 0 Å². The summed E-state index contributed by atoms with van der Waals surface area (Å²) in [5.41, 5.74) is 1.34. The lowest BCUT2D eigenvalue weighted by Gasteiger charge is -2.12. The zero-order valence-electron chi connectivity index (χ0n) is 10.8. The quantitative estimate of drug-likeness (QED) is 0.616. The molecule has 0 saturated carbocycles. The lowest BCUT2D eigenvalue weighted by Crippen LogP contribution is -2.19. The third-order valence-corrected chi connectivity index (χ3v) is 3.17. The minimum Gasteiger partial charge on any atom is -0.469 e. The standard InChI is InChI=1S/C15H16O4/c1-18-15(17)13-9-5-8-12(13)10-19-14(16)11-6-3-2-4-7-11/h2-4,6-8,13H,5,9-10H2,1H3/t13-/m0/s1. The number of methoxy groups -OCH3 is 1. The van der Waals surface area contributed by atoms with E-state index in [4.69, 9.17) is 9.47 Å². The van der Waals surface area contributed by atoms with Gasteiger partial charge in [-0.1, -0.05) is 24.3 Å². The molecule has 4 nitrogen and oxygen atoms in total. The third-order valence-electron chi connectivity index (χ3n) is 3.17. The van der Waals surface area contributed by atoms with Crippen LogP contribution in [0.5, 0.6) is 0 Å². The van der Waals surface area contributed by atoms with Crippen molar-refractivity contribution in [3.8, 4) is 0 Å². The molecule has 0 bridgehead atoms. The number of hydrogen-bond donors (Lipinski definition) is 0. The molecule has 1 aliphatic rings. The molecule has 1 aromatic rings. The molecule has 0 saturated heterocycles. The predicted molar refractivity (Wildman–Crippen MR) is 69.5 cm³/mol. The molecule has 1 aliphatic carbocycles. The van der Waals surface area contributed by atoms with Gasteiger partial charge in [-0.05, 0) is 30.5 Å². The normalized spacial score (nSPS) is 17.7. The number of rotatable bonds is 4. The van der Waals surface area contributed by atoms with Crippen LogP contribution in [0, 0.1) is 5.92 Å². The molecule has 1 aromatic carbocycles. The summed E-state index contributed by atoms with van der Waals surface area (Å²) in [4.78, 5) is 23.3. The van der Waals surface area contributed by atoms with Crippen LogP contribution in [0.4, 0.5) is 0 Å². The summed E-state index contributed by atoms with van der Waals surface area (Å²) in [5, 5.41) is 0. The lowest BCUT2D eigenvalue weighted by molar-refractivity contribution is -0.144. The smallest absolute Gasteiger partial charge is 0.338 e. The SMILES string of the molecule is COC(=O)[C@H]1CCC=C1COC(=O)c1ccccc1. The second-order valence-electron chi connectivity index (χ2n) is 4.37. The molecule has 1 atom stereocenters. The van der Waals surface area contributed by atoms with Gasteiger partial charge in [-0.15, -0.1) is 0 Å². The van der Waals surface area contributed by atoms with Crippen LogP contribution in [0.15, 0.2) is 42.0 Å². The molecular weight excluding hydrogens is 244 g/mol. The van der Waals surface area contributed by atoms with Gasteiger partial charge in [0.1, 0.15) is 6.61 Å². The largest absolute Gasteiger partial charge is 0.469 e. The van der Waals surface area contributed by atoms with E-state index in [9.17, 15) is 9.59 Å². The Kier molecular flexibility index (Phi) is 4.34. The molecule has 0 unspecified atom stereocenters. The van der Waals surface area contributed by atoms with Crippen molar-refractivity contribution in [1.29, 1.82) is 0 Å². The Hall–Kier alpha value is -2.10. The Morgan fingerprint density at radius 2 is 2.00 bits per heavy atom. The van der Waals surface area contributed by atoms with Crippen molar-refractivity contribution in [2.24, 2.45) is 5.92 Å². The van der Waals surface area contributed by atoms with Gasteiger partial charge < -0.3 is 9.47 Å². The van der Waals surface area contributed by atoms with Crippen LogP contribution in [-0.4, -0.2) is 25.7 Å². The maximum atomic E-state index is 11.8. The first-order chi connectivity index (χ1) is 9.22. The van der Waals surface area contributed by atoms with Crippen LogP contribution >= 0.6 is 0 Å². The summed E-state index contributed by atoms with van der Waals surface area (Å²) < 4.78 is 9.96. The first-order valence-corrected chi connectivity index (χ1v) is 6.21. The van der Waals surface area contributed by atoms with Crippen LogP contribution < -0.4 is 0 Å². The van der Waals surface area contributed by atoms with Gasteiger partial charge in [0.05, 0.1) is 18.6 Å². The number of allylic oxidation sites excluding steroid dienone is 1. The highest BCUT2D eigenvalue weighted by molar-refractivity contribution is 5.89. The van der Waals surface area contributed by atoms with Gasteiger partial charge >= 0.3 is 11.9 Å². The molecule has 0 aliphatic heterocycles. The van der Waals surface area contributed by atoms with Crippen molar-refractivity contribution < 1.29 is 19.1 Å². The molecule has 2 rings (SSSR count). The highest BCUT2D eigenvalue weighted by Crippen LogP contribution is 2.27. The van der Waals surface area contributed by atoms with Crippen molar-refractivity contribution in [3.05, 3.63) is 47.5 Å². The number of ether oxygens (including phenoxy) is 2. The summed E-state index contributed by atoms with van der Waals surface area (Å²) in [5.74, 6) is -0.912. The molecule has 0 spiro atoms. The highest BCUT2D eigenvalue weighted by Gasteiger charge is 2.27. The number of hydrogen-bond acceptors (Lipinski definition) is 4. The first-order valence-electron chi connectivity index (χ1n) is 6.21. The van der Waals surface area contributed by atoms with E-state index in [-0.39, 0.29) is 24.5 Å². The third kappa shape index (κ3) is 3.22. The van der Waals surface area contributed by atoms with E-state index in [0.29, 0.717) is 5.56 Å². The average molecular weight is 260 g/mol. The van der Waals surface area contributed by atoms with Gasteiger partial charge in [0.15, 0.2) is 0 Å². The second kappa shape index (κ2) is 6.18. The van der Waals surface area contributed by atoms with Gasteiger partial charge in [-0.2, -0.15) is 0 Å². The summed E-state index contributed by atoms with van der Waals surface area (Å²) in [7, 11) is 1.37. The summed E-state index contributed by atoms with van der Waals surface area (Å²) in [6, 6.07) is 8.79. The van der Waals surface area contributed by atoms with Crippen LogP contribution in [0.3, 0.4) is 0 Å². The molecule has 0 N–H and O–H groups in total. The van der Waals surface area contributed by atoms with E-state index in [2.05, 4.69) is 0 Å².